The van der Waals surface area contributed by atoms with Gasteiger partial charge in [0, 0.05) is 12.1 Å². The summed E-state index contributed by atoms with van der Waals surface area (Å²) in [5.41, 5.74) is 6.24. The van der Waals surface area contributed by atoms with Crippen LogP contribution in [0.5, 0.6) is 0 Å². The number of nitrogens with zero attached hydrogens (tertiary/aromatic N) is 5. The molecule has 0 radical (unpaired) electrons. The van der Waals surface area contributed by atoms with Gasteiger partial charge < -0.3 is 10.2 Å². The lowest BCUT2D eigenvalue weighted by atomic mass is 10.2. The second-order valence-electron chi connectivity index (χ2n) is 4.95. The first-order valence-electron chi connectivity index (χ1n) is 6.81. The van der Waals surface area contributed by atoms with Crippen LogP contribution in [0, 0.1) is 0 Å². The molecule has 2 heterocycles. The zero-order chi connectivity index (χ0) is 15.2. The highest BCUT2D eigenvalue weighted by atomic mass is 16.4. The van der Waals surface area contributed by atoms with Gasteiger partial charge in [-0.25, -0.2) is 4.68 Å². The Balaban J connectivity index is 1.87. The summed E-state index contributed by atoms with van der Waals surface area (Å²) in [4.78, 5) is 11.8. The summed E-state index contributed by atoms with van der Waals surface area (Å²) < 4.78 is 6.76. The number of carbonyl (C=O) groups is 1. The second kappa shape index (κ2) is 6.93. The molecule has 0 spiro atoms. The number of carbonyl (C=O) groups excluding carboxylic acids is 1. The van der Waals surface area contributed by atoms with E-state index in [4.69, 9.17) is 10.2 Å². The molecular formula is C12H19N7O2. The molecule has 0 aromatic carbocycles. The molecule has 114 valence electrons. The number of anilines is 1. The van der Waals surface area contributed by atoms with Crippen molar-refractivity contribution in [3.8, 4) is 0 Å². The maximum absolute atomic E-state index is 11.8. The van der Waals surface area contributed by atoms with Gasteiger partial charge in [-0.1, -0.05) is 24.2 Å². The van der Waals surface area contributed by atoms with E-state index in [0.29, 0.717) is 12.4 Å². The third kappa shape index (κ3) is 4.35. The number of hydrogen-bond donors (Lipinski definition) is 2. The van der Waals surface area contributed by atoms with Gasteiger partial charge in [0.1, 0.15) is 6.54 Å². The van der Waals surface area contributed by atoms with Gasteiger partial charge in [-0.05, 0) is 19.4 Å². The zero-order valence-electron chi connectivity index (χ0n) is 12.1. The smallest absolute Gasteiger partial charge is 0.322 e. The Labute approximate surface area is 121 Å². The van der Waals surface area contributed by atoms with E-state index in [1.54, 1.807) is 6.20 Å². The largest absolute Gasteiger partial charge is 0.408 e. The lowest BCUT2D eigenvalue weighted by Crippen LogP contribution is -2.19. The molecule has 0 aliphatic carbocycles. The molecule has 9 heteroatoms. The lowest BCUT2D eigenvalue weighted by Gasteiger charge is -2.00. The first-order chi connectivity index (χ1) is 10.1. The number of nitrogens with two attached hydrogens (primary N) is 1. The summed E-state index contributed by atoms with van der Waals surface area (Å²) in [6.07, 6.45) is 3.31. The minimum absolute atomic E-state index is 0.0367. The number of rotatable bonds is 7. The van der Waals surface area contributed by atoms with Gasteiger partial charge in [-0.3, -0.25) is 10.1 Å². The van der Waals surface area contributed by atoms with E-state index in [1.807, 2.05) is 13.8 Å². The van der Waals surface area contributed by atoms with E-state index in [1.165, 1.54) is 4.68 Å². The molecule has 0 aliphatic heterocycles. The fourth-order valence-corrected chi connectivity index (χ4v) is 1.64. The molecule has 0 saturated heterocycles. The molecule has 0 saturated carbocycles. The van der Waals surface area contributed by atoms with Crippen molar-refractivity contribution >= 4 is 11.9 Å². The van der Waals surface area contributed by atoms with Gasteiger partial charge in [0.05, 0.1) is 5.69 Å². The first kappa shape index (κ1) is 15.1. The van der Waals surface area contributed by atoms with Gasteiger partial charge in [-0.2, -0.15) is 0 Å². The fourth-order valence-electron chi connectivity index (χ4n) is 1.64. The van der Waals surface area contributed by atoms with Crippen LogP contribution in [0.2, 0.25) is 0 Å². The van der Waals surface area contributed by atoms with E-state index < -0.39 is 0 Å². The predicted molar refractivity (Wildman–Crippen MR) is 74.4 cm³/mol. The van der Waals surface area contributed by atoms with E-state index >= 15 is 0 Å². The van der Waals surface area contributed by atoms with Crippen molar-refractivity contribution in [2.24, 2.45) is 5.73 Å². The Morgan fingerprint density at radius 1 is 1.43 bits per heavy atom. The van der Waals surface area contributed by atoms with Crippen molar-refractivity contribution in [1.82, 2.24) is 25.2 Å². The minimum Gasteiger partial charge on any atom is -0.408 e. The van der Waals surface area contributed by atoms with Crippen LogP contribution in [0.25, 0.3) is 0 Å². The highest BCUT2D eigenvalue weighted by molar-refractivity contribution is 5.88. The van der Waals surface area contributed by atoms with Crippen molar-refractivity contribution in [2.75, 3.05) is 11.9 Å². The van der Waals surface area contributed by atoms with Gasteiger partial charge >= 0.3 is 6.01 Å². The second-order valence-corrected chi connectivity index (χ2v) is 4.95. The molecule has 0 bridgehead atoms. The standard InChI is InChI=1S/C12H19N7O2/c1-8(2)11-16-17-12(21-11)14-10(20)7-19-6-9(15-18-19)4-3-5-13/h6,8H,3-5,7,13H2,1-2H3,(H,14,17,20). The van der Waals surface area contributed by atoms with Crippen LogP contribution in [0.3, 0.4) is 0 Å². The highest BCUT2D eigenvalue weighted by Crippen LogP contribution is 2.14. The number of hydrogen-bond acceptors (Lipinski definition) is 7. The maximum atomic E-state index is 11.8. The lowest BCUT2D eigenvalue weighted by molar-refractivity contribution is -0.117. The van der Waals surface area contributed by atoms with Crippen LogP contribution in [0.15, 0.2) is 10.6 Å². The van der Waals surface area contributed by atoms with E-state index in [9.17, 15) is 4.79 Å². The van der Waals surface area contributed by atoms with E-state index in [-0.39, 0.29) is 24.4 Å². The molecule has 3 N–H and O–H groups in total. The predicted octanol–water partition coefficient (Wildman–Crippen LogP) is 0.315. The van der Waals surface area contributed by atoms with Gasteiger partial charge in [0.25, 0.3) is 0 Å². The summed E-state index contributed by atoms with van der Waals surface area (Å²) in [5.74, 6) is 0.294. The molecule has 0 fully saturated rings. The fraction of sp³-hybridized carbons (Fsp3) is 0.583. The van der Waals surface area contributed by atoms with Crippen LogP contribution >= 0.6 is 0 Å². The Bertz CT molecular complexity index is 590. The quantitative estimate of drug-likeness (QED) is 0.752. The third-order valence-electron chi connectivity index (χ3n) is 2.71. The van der Waals surface area contributed by atoms with Gasteiger partial charge in [0.15, 0.2) is 0 Å². The summed E-state index contributed by atoms with van der Waals surface area (Å²) in [6.45, 7) is 4.49. The molecule has 2 aromatic rings. The number of amides is 1. The Morgan fingerprint density at radius 3 is 2.90 bits per heavy atom. The van der Waals surface area contributed by atoms with Crippen LogP contribution < -0.4 is 11.1 Å². The molecular weight excluding hydrogens is 274 g/mol. The minimum atomic E-state index is -0.302. The highest BCUT2D eigenvalue weighted by Gasteiger charge is 2.13. The molecule has 2 aromatic heterocycles. The Hall–Kier alpha value is -2.29. The molecule has 9 nitrogen and oxygen atoms in total. The summed E-state index contributed by atoms with van der Waals surface area (Å²) >= 11 is 0. The van der Waals surface area contributed by atoms with Gasteiger partial charge in [-0.15, -0.1) is 10.2 Å². The SMILES string of the molecule is CC(C)c1nnc(NC(=O)Cn2cc(CCCN)nn2)o1. The maximum Gasteiger partial charge on any atom is 0.322 e. The van der Waals surface area contributed by atoms with Crippen LogP contribution in [0.1, 0.15) is 37.8 Å². The van der Waals surface area contributed by atoms with Crippen molar-refractivity contribution in [3.63, 3.8) is 0 Å². The molecule has 21 heavy (non-hydrogen) atoms. The monoisotopic (exact) mass is 293 g/mol. The number of aromatic nitrogens is 5. The zero-order valence-corrected chi connectivity index (χ0v) is 12.1. The molecule has 1 amide bonds. The molecule has 0 aliphatic rings. The average Bonchev–Trinajstić information content (AvgIpc) is 3.06. The van der Waals surface area contributed by atoms with Crippen LogP contribution in [-0.2, 0) is 17.8 Å². The number of nitrogens with one attached hydrogen (secondary N) is 1. The first-order valence-corrected chi connectivity index (χ1v) is 6.81. The van der Waals surface area contributed by atoms with Crippen LogP contribution in [0.4, 0.5) is 6.01 Å². The normalized spacial score (nSPS) is 11.0. The van der Waals surface area contributed by atoms with Crippen LogP contribution in [-0.4, -0.2) is 37.6 Å². The van der Waals surface area contributed by atoms with Crippen molar-refractivity contribution in [2.45, 2.75) is 39.2 Å². The van der Waals surface area contributed by atoms with E-state index in [0.717, 1.165) is 18.5 Å². The summed E-state index contributed by atoms with van der Waals surface area (Å²) in [5, 5.41) is 18.0. The summed E-state index contributed by atoms with van der Waals surface area (Å²) in [6, 6.07) is 0.0900. The van der Waals surface area contributed by atoms with Crippen molar-refractivity contribution in [1.29, 1.82) is 0 Å². The average molecular weight is 293 g/mol. The Morgan fingerprint density at radius 2 is 2.24 bits per heavy atom. The number of aryl methyl sites for hydroxylation is 1. The van der Waals surface area contributed by atoms with E-state index in [2.05, 4.69) is 25.8 Å². The van der Waals surface area contributed by atoms with Crippen molar-refractivity contribution in [3.05, 3.63) is 17.8 Å². The molecule has 2 rings (SSSR count). The Kier molecular flexibility index (Phi) is 4.99. The molecule has 0 unspecified atom stereocenters. The third-order valence-corrected chi connectivity index (χ3v) is 2.71. The summed E-state index contributed by atoms with van der Waals surface area (Å²) in [7, 11) is 0. The van der Waals surface area contributed by atoms with Crippen molar-refractivity contribution < 1.29 is 9.21 Å². The molecule has 0 atom stereocenters. The topological polar surface area (TPSA) is 125 Å². The van der Waals surface area contributed by atoms with Gasteiger partial charge in [0.2, 0.25) is 11.8 Å².